The van der Waals surface area contributed by atoms with Crippen molar-refractivity contribution in [2.45, 2.75) is 39.4 Å². The van der Waals surface area contributed by atoms with Crippen molar-refractivity contribution in [3.05, 3.63) is 88.3 Å². The van der Waals surface area contributed by atoms with E-state index in [0.717, 1.165) is 16.3 Å². The highest BCUT2D eigenvalue weighted by Crippen LogP contribution is 2.41. The zero-order valence-corrected chi connectivity index (χ0v) is 18.8. The summed E-state index contributed by atoms with van der Waals surface area (Å²) in [6, 6.07) is 21.1. The van der Waals surface area contributed by atoms with E-state index in [9.17, 15) is 0 Å². The number of hydrogen-bond donors (Lipinski definition) is 0. The van der Waals surface area contributed by atoms with Gasteiger partial charge in [-0.2, -0.15) is 0 Å². The summed E-state index contributed by atoms with van der Waals surface area (Å²) in [6.45, 7) is 8.79. The predicted molar refractivity (Wildman–Crippen MR) is 127 cm³/mol. The summed E-state index contributed by atoms with van der Waals surface area (Å²) in [6.07, 6.45) is 2.10. The molecule has 0 aliphatic carbocycles. The molecular formula is C25H25ClN2S. The first-order valence-corrected chi connectivity index (χ1v) is 11.0. The Bertz CT molecular complexity index is 1060. The fourth-order valence-electron chi connectivity index (χ4n) is 3.78. The highest BCUT2D eigenvalue weighted by Gasteiger charge is 2.34. The Morgan fingerprint density at radius 2 is 1.72 bits per heavy atom. The molecule has 4 heteroatoms. The maximum absolute atomic E-state index is 6.14. The lowest BCUT2D eigenvalue weighted by Crippen LogP contribution is -2.43. The van der Waals surface area contributed by atoms with Gasteiger partial charge in [-0.05, 0) is 80.1 Å². The Morgan fingerprint density at radius 1 is 0.966 bits per heavy atom. The third-order valence-corrected chi connectivity index (χ3v) is 6.20. The third kappa shape index (κ3) is 4.17. The van der Waals surface area contributed by atoms with Gasteiger partial charge < -0.3 is 4.90 Å². The summed E-state index contributed by atoms with van der Waals surface area (Å²) in [5.74, 6) is 0. The van der Waals surface area contributed by atoms with Crippen LogP contribution in [-0.4, -0.2) is 16.2 Å². The minimum atomic E-state index is -0.112. The maximum atomic E-state index is 6.14. The van der Waals surface area contributed by atoms with Gasteiger partial charge in [-0.25, -0.2) is 0 Å². The van der Waals surface area contributed by atoms with Gasteiger partial charge in [0, 0.05) is 26.8 Å². The van der Waals surface area contributed by atoms with Crippen LogP contribution < -0.4 is 0 Å². The maximum Gasteiger partial charge on any atom is 0.147 e. The molecule has 29 heavy (non-hydrogen) atoms. The molecule has 0 saturated heterocycles. The van der Waals surface area contributed by atoms with E-state index in [0.29, 0.717) is 0 Å². The van der Waals surface area contributed by atoms with Crippen LogP contribution in [0.15, 0.2) is 77.1 Å². The molecule has 148 valence electrons. The molecule has 1 unspecified atom stereocenters. The molecule has 1 atom stereocenters. The molecule has 0 bridgehead atoms. The molecular weight excluding hydrogens is 396 g/mol. The lowest BCUT2D eigenvalue weighted by Gasteiger charge is -2.45. The van der Waals surface area contributed by atoms with Crippen LogP contribution in [0.3, 0.4) is 0 Å². The number of hydrogen-bond acceptors (Lipinski definition) is 3. The molecule has 3 aromatic rings. The van der Waals surface area contributed by atoms with Crippen molar-refractivity contribution in [2.75, 3.05) is 0 Å². The lowest BCUT2D eigenvalue weighted by atomic mass is 9.95. The summed E-state index contributed by atoms with van der Waals surface area (Å²) in [4.78, 5) is 8.75. The average Bonchev–Trinajstić information content (AvgIpc) is 3.22. The van der Waals surface area contributed by atoms with Crippen molar-refractivity contribution in [1.82, 2.24) is 4.90 Å². The van der Waals surface area contributed by atoms with E-state index < -0.39 is 0 Å². The second kappa shape index (κ2) is 7.81. The van der Waals surface area contributed by atoms with Gasteiger partial charge in [-0.15, -0.1) is 11.3 Å². The van der Waals surface area contributed by atoms with Gasteiger partial charge in [0.1, 0.15) is 6.17 Å². The topological polar surface area (TPSA) is 15.6 Å². The molecule has 4 rings (SSSR count). The minimum absolute atomic E-state index is 0.0782. The third-order valence-electron chi connectivity index (χ3n) is 5.03. The second-order valence-corrected chi connectivity index (χ2v) is 9.71. The Balaban J connectivity index is 1.82. The highest BCUT2D eigenvalue weighted by atomic mass is 35.5. The van der Waals surface area contributed by atoms with Gasteiger partial charge in [0.05, 0.1) is 0 Å². The molecule has 0 N–H and O–H groups in total. The van der Waals surface area contributed by atoms with Crippen LogP contribution in [0, 0.1) is 0 Å². The van der Waals surface area contributed by atoms with Gasteiger partial charge in [0.15, 0.2) is 0 Å². The Labute approximate surface area is 182 Å². The zero-order chi connectivity index (χ0) is 20.6. The van der Waals surface area contributed by atoms with E-state index in [1.165, 1.54) is 21.7 Å². The van der Waals surface area contributed by atoms with Crippen molar-refractivity contribution in [3.63, 3.8) is 0 Å². The summed E-state index contributed by atoms with van der Waals surface area (Å²) in [5.41, 5.74) is 5.68. The summed E-state index contributed by atoms with van der Waals surface area (Å²) < 4.78 is 0. The van der Waals surface area contributed by atoms with Crippen molar-refractivity contribution in [1.29, 1.82) is 0 Å². The minimum Gasteiger partial charge on any atom is -0.340 e. The molecule has 0 radical (unpaired) electrons. The van der Waals surface area contributed by atoms with Crippen LogP contribution in [0.1, 0.15) is 45.0 Å². The quantitative estimate of drug-likeness (QED) is 0.424. The molecule has 2 aromatic carbocycles. The van der Waals surface area contributed by atoms with Crippen molar-refractivity contribution < 1.29 is 0 Å². The number of allylic oxidation sites excluding steroid dienone is 1. The fraction of sp³-hybridized carbons (Fsp3) is 0.240. The molecule has 1 aliphatic rings. The molecule has 2 heterocycles. The normalized spacial score (nSPS) is 17.1. The van der Waals surface area contributed by atoms with Crippen LogP contribution in [-0.2, 0) is 0 Å². The molecule has 1 aromatic heterocycles. The Kier molecular flexibility index (Phi) is 5.37. The van der Waals surface area contributed by atoms with E-state index in [1.54, 1.807) is 11.3 Å². The SMILES string of the molecule is CC1=NC(c2cccc(-c3cccs3)c2)N(C(C)(C)C)C(c2ccc(Cl)cc2)=C1. The molecule has 0 amide bonds. The summed E-state index contributed by atoms with van der Waals surface area (Å²) >= 11 is 7.90. The van der Waals surface area contributed by atoms with Crippen molar-refractivity contribution >= 4 is 34.3 Å². The number of aliphatic imine (C=N–C) groups is 1. The smallest absolute Gasteiger partial charge is 0.147 e. The number of halogens is 1. The van der Waals surface area contributed by atoms with Gasteiger partial charge >= 0.3 is 0 Å². The molecule has 0 saturated carbocycles. The monoisotopic (exact) mass is 420 g/mol. The Hall–Kier alpha value is -2.36. The van der Waals surface area contributed by atoms with Gasteiger partial charge in [-0.3, -0.25) is 4.99 Å². The lowest BCUT2D eigenvalue weighted by molar-refractivity contribution is 0.163. The van der Waals surface area contributed by atoms with Crippen molar-refractivity contribution in [2.24, 2.45) is 4.99 Å². The zero-order valence-electron chi connectivity index (χ0n) is 17.2. The van der Waals surface area contributed by atoms with Gasteiger partial charge in [0.25, 0.3) is 0 Å². The van der Waals surface area contributed by atoms with Crippen LogP contribution in [0.2, 0.25) is 5.02 Å². The summed E-state index contributed by atoms with van der Waals surface area (Å²) in [7, 11) is 0. The highest BCUT2D eigenvalue weighted by molar-refractivity contribution is 7.13. The van der Waals surface area contributed by atoms with E-state index in [4.69, 9.17) is 16.6 Å². The standard InChI is InChI=1S/C25H25ClN2S/c1-17-15-22(18-10-12-21(26)13-11-18)28(25(2,3)4)24(27-17)20-8-5-7-19(16-20)23-9-6-14-29-23/h5-16,24H,1-4H3. The van der Waals surface area contributed by atoms with Crippen molar-refractivity contribution in [3.8, 4) is 10.4 Å². The molecule has 1 aliphatic heterocycles. The van der Waals surface area contributed by atoms with E-state index in [2.05, 4.69) is 92.6 Å². The predicted octanol–water partition coefficient (Wildman–Crippen LogP) is 7.68. The second-order valence-electron chi connectivity index (χ2n) is 8.32. The Morgan fingerprint density at radius 3 is 2.38 bits per heavy atom. The van der Waals surface area contributed by atoms with Gasteiger partial charge in [0.2, 0.25) is 0 Å². The number of rotatable bonds is 3. The number of thiophene rings is 1. The van der Waals surface area contributed by atoms with E-state index >= 15 is 0 Å². The first-order chi connectivity index (χ1) is 13.8. The van der Waals surface area contributed by atoms with Crippen LogP contribution in [0.4, 0.5) is 0 Å². The fourth-order valence-corrected chi connectivity index (χ4v) is 4.63. The number of benzene rings is 2. The average molecular weight is 421 g/mol. The largest absolute Gasteiger partial charge is 0.340 e. The number of nitrogens with zero attached hydrogens (tertiary/aromatic N) is 2. The van der Waals surface area contributed by atoms with E-state index in [1.807, 2.05) is 12.1 Å². The molecule has 0 fully saturated rings. The van der Waals surface area contributed by atoms with E-state index in [-0.39, 0.29) is 11.7 Å². The first kappa shape index (κ1) is 19.9. The molecule has 2 nitrogen and oxygen atoms in total. The molecule has 0 spiro atoms. The van der Waals surface area contributed by atoms with Crippen LogP contribution in [0.5, 0.6) is 0 Å². The van der Waals surface area contributed by atoms with Gasteiger partial charge in [-0.1, -0.05) is 48.0 Å². The van der Waals surface area contributed by atoms with Crippen LogP contribution >= 0.6 is 22.9 Å². The van der Waals surface area contributed by atoms with Crippen LogP contribution in [0.25, 0.3) is 16.1 Å². The summed E-state index contributed by atoms with van der Waals surface area (Å²) in [5, 5.41) is 2.87. The first-order valence-electron chi connectivity index (χ1n) is 9.78.